The van der Waals surface area contributed by atoms with E-state index in [1.165, 1.54) is 0 Å². The highest BCUT2D eigenvalue weighted by Crippen LogP contribution is 2.21. The molecule has 0 radical (unpaired) electrons. The third-order valence-electron chi connectivity index (χ3n) is 3.90. The Morgan fingerprint density at radius 1 is 1.04 bits per heavy atom. The van der Waals surface area contributed by atoms with Gasteiger partial charge in [0.1, 0.15) is 11.6 Å². The summed E-state index contributed by atoms with van der Waals surface area (Å²) in [5.74, 6) is 1.02. The Morgan fingerprint density at radius 2 is 1.77 bits per heavy atom. The van der Waals surface area contributed by atoms with Gasteiger partial charge in [0, 0.05) is 11.2 Å². The number of ether oxygens (including phenoxy) is 1. The minimum Gasteiger partial charge on any atom is -0.484 e. The Labute approximate surface area is 158 Å². The van der Waals surface area contributed by atoms with E-state index in [-0.39, 0.29) is 12.5 Å². The molecule has 0 aliphatic heterocycles. The summed E-state index contributed by atoms with van der Waals surface area (Å²) in [5.41, 5.74) is 1.99. The fourth-order valence-electron chi connectivity index (χ4n) is 2.46. The van der Waals surface area contributed by atoms with E-state index < -0.39 is 0 Å². The number of pyridine rings is 1. The van der Waals surface area contributed by atoms with E-state index in [0.29, 0.717) is 23.1 Å². The molecule has 0 fully saturated rings. The Kier molecular flexibility index (Phi) is 5.87. The van der Waals surface area contributed by atoms with E-state index in [4.69, 9.17) is 16.3 Å². The molecule has 3 rings (SSSR count). The molecule has 5 heteroatoms. The van der Waals surface area contributed by atoms with Gasteiger partial charge in [-0.1, -0.05) is 53.6 Å². The van der Waals surface area contributed by atoms with Gasteiger partial charge < -0.3 is 4.74 Å². The number of anilines is 1. The molecule has 2 aromatic carbocycles. The van der Waals surface area contributed by atoms with Gasteiger partial charge >= 0.3 is 0 Å². The van der Waals surface area contributed by atoms with Crippen molar-refractivity contribution >= 4 is 23.3 Å². The van der Waals surface area contributed by atoms with Crippen LogP contribution in [0.15, 0.2) is 72.9 Å². The van der Waals surface area contributed by atoms with Crippen LogP contribution in [0, 0.1) is 6.92 Å². The first kappa shape index (κ1) is 18.0. The number of carbonyl (C=O) groups is 1. The number of halogens is 1. The molecule has 0 atom stereocenters. The maximum absolute atomic E-state index is 12.8. The number of rotatable bonds is 6. The number of hydrogen-bond donors (Lipinski definition) is 0. The van der Waals surface area contributed by atoms with Crippen LogP contribution in [0.3, 0.4) is 0 Å². The second kappa shape index (κ2) is 8.50. The summed E-state index contributed by atoms with van der Waals surface area (Å²) < 4.78 is 5.64. The molecule has 4 nitrogen and oxygen atoms in total. The molecule has 3 aromatic rings. The third kappa shape index (κ3) is 4.61. The molecule has 1 heterocycles. The van der Waals surface area contributed by atoms with Gasteiger partial charge in [-0.15, -0.1) is 0 Å². The van der Waals surface area contributed by atoms with Crippen molar-refractivity contribution in [2.24, 2.45) is 0 Å². The van der Waals surface area contributed by atoms with Gasteiger partial charge in [0.15, 0.2) is 6.61 Å². The van der Waals surface area contributed by atoms with Gasteiger partial charge in [-0.25, -0.2) is 4.98 Å². The summed E-state index contributed by atoms with van der Waals surface area (Å²) in [6.45, 7) is 2.25. The van der Waals surface area contributed by atoms with Crippen LogP contribution in [0.25, 0.3) is 0 Å². The van der Waals surface area contributed by atoms with Crippen molar-refractivity contribution in [2.75, 3.05) is 11.5 Å². The minimum atomic E-state index is -0.191. The zero-order chi connectivity index (χ0) is 18.4. The van der Waals surface area contributed by atoms with Crippen LogP contribution in [0.5, 0.6) is 5.75 Å². The topological polar surface area (TPSA) is 42.4 Å². The third-order valence-corrected chi connectivity index (χ3v) is 4.27. The van der Waals surface area contributed by atoms with Crippen molar-refractivity contribution in [3.8, 4) is 5.75 Å². The molecule has 1 amide bonds. The highest BCUT2D eigenvalue weighted by atomic mass is 35.5. The maximum atomic E-state index is 12.8. The van der Waals surface area contributed by atoms with E-state index in [0.717, 1.165) is 11.1 Å². The Bertz CT molecular complexity index is 867. The molecule has 0 bridgehead atoms. The largest absolute Gasteiger partial charge is 0.484 e. The van der Waals surface area contributed by atoms with E-state index >= 15 is 0 Å². The lowest BCUT2D eigenvalue weighted by Crippen LogP contribution is -2.35. The molecule has 0 saturated heterocycles. The normalized spacial score (nSPS) is 10.4. The molecular weight excluding hydrogens is 348 g/mol. The van der Waals surface area contributed by atoms with Crippen LogP contribution in [-0.2, 0) is 11.3 Å². The van der Waals surface area contributed by atoms with E-state index in [2.05, 4.69) is 4.98 Å². The molecule has 0 N–H and O–H groups in total. The minimum absolute atomic E-state index is 0.0793. The standard InChI is InChI=1S/C21H19ClN2O2/c1-16-9-11-18(12-10-16)26-15-21(25)24(20-8-4-5-13-23-20)14-17-6-2-3-7-19(17)22/h2-13H,14-15H2,1H3. The number of hydrogen-bond acceptors (Lipinski definition) is 3. The van der Waals surface area contributed by atoms with Crippen molar-refractivity contribution < 1.29 is 9.53 Å². The quantitative estimate of drug-likeness (QED) is 0.637. The average molecular weight is 367 g/mol. The highest BCUT2D eigenvalue weighted by molar-refractivity contribution is 6.31. The van der Waals surface area contributed by atoms with Crippen LogP contribution in [0.1, 0.15) is 11.1 Å². The number of amides is 1. The first-order chi connectivity index (χ1) is 12.6. The average Bonchev–Trinajstić information content (AvgIpc) is 2.67. The smallest absolute Gasteiger partial charge is 0.266 e. The molecule has 0 unspecified atom stereocenters. The SMILES string of the molecule is Cc1ccc(OCC(=O)N(Cc2ccccc2Cl)c2ccccn2)cc1. The Hall–Kier alpha value is -2.85. The van der Waals surface area contributed by atoms with Crippen LogP contribution < -0.4 is 9.64 Å². The molecule has 26 heavy (non-hydrogen) atoms. The van der Waals surface area contributed by atoms with Crippen molar-refractivity contribution in [1.82, 2.24) is 4.98 Å². The monoisotopic (exact) mass is 366 g/mol. The summed E-state index contributed by atoms with van der Waals surface area (Å²) >= 11 is 6.26. The first-order valence-electron chi connectivity index (χ1n) is 8.28. The molecule has 132 valence electrons. The number of carbonyl (C=O) groups excluding carboxylic acids is 1. The van der Waals surface area contributed by atoms with Crippen LogP contribution >= 0.6 is 11.6 Å². The van der Waals surface area contributed by atoms with Crippen LogP contribution in [0.4, 0.5) is 5.82 Å². The molecule has 1 aromatic heterocycles. The van der Waals surface area contributed by atoms with Gasteiger partial charge in [-0.3, -0.25) is 9.69 Å². The summed E-state index contributed by atoms with van der Waals surface area (Å²) in [6.07, 6.45) is 1.66. The summed E-state index contributed by atoms with van der Waals surface area (Å²) in [7, 11) is 0. The maximum Gasteiger partial charge on any atom is 0.266 e. The number of nitrogens with zero attached hydrogens (tertiary/aromatic N) is 2. The Morgan fingerprint density at radius 3 is 2.46 bits per heavy atom. The van der Waals surface area contributed by atoms with Gasteiger partial charge in [-0.05, 0) is 42.8 Å². The van der Waals surface area contributed by atoms with Crippen molar-refractivity contribution in [3.63, 3.8) is 0 Å². The van der Waals surface area contributed by atoms with Crippen molar-refractivity contribution in [2.45, 2.75) is 13.5 Å². The lowest BCUT2D eigenvalue weighted by molar-refractivity contribution is -0.120. The van der Waals surface area contributed by atoms with Crippen molar-refractivity contribution in [3.05, 3.63) is 89.1 Å². The van der Waals surface area contributed by atoms with E-state index in [1.807, 2.05) is 61.5 Å². The summed E-state index contributed by atoms with van der Waals surface area (Å²) in [4.78, 5) is 18.7. The lowest BCUT2D eigenvalue weighted by Gasteiger charge is -2.22. The van der Waals surface area contributed by atoms with Gasteiger partial charge in [0.25, 0.3) is 5.91 Å². The highest BCUT2D eigenvalue weighted by Gasteiger charge is 2.19. The fraction of sp³-hybridized carbons (Fsp3) is 0.143. The number of aromatic nitrogens is 1. The van der Waals surface area contributed by atoms with E-state index in [1.54, 1.807) is 23.2 Å². The predicted octanol–water partition coefficient (Wildman–Crippen LogP) is 4.66. The predicted molar refractivity (Wildman–Crippen MR) is 104 cm³/mol. The molecule has 0 aliphatic rings. The fourth-order valence-corrected chi connectivity index (χ4v) is 2.66. The van der Waals surface area contributed by atoms with Gasteiger partial charge in [-0.2, -0.15) is 0 Å². The second-order valence-corrected chi connectivity index (χ2v) is 6.27. The van der Waals surface area contributed by atoms with Crippen LogP contribution in [0.2, 0.25) is 5.02 Å². The Balaban J connectivity index is 1.77. The van der Waals surface area contributed by atoms with Crippen LogP contribution in [-0.4, -0.2) is 17.5 Å². The molecular formula is C21H19ClN2O2. The van der Waals surface area contributed by atoms with Gasteiger partial charge in [0.05, 0.1) is 6.54 Å². The lowest BCUT2D eigenvalue weighted by atomic mass is 10.2. The molecule has 0 aliphatic carbocycles. The molecule has 0 saturated carbocycles. The summed E-state index contributed by atoms with van der Waals surface area (Å²) in [6, 6.07) is 20.5. The zero-order valence-corrected chi connectivity index (χ0v) is 15.2. The number of benzene rings is 2. The van der Waals surface area contributed by atoms with E-state index in [9.17, 15) is 4.79 Å². The number of aryl methyl sites for hydroxylation is 1. The summed E-state index contributed by atoms with van der Waals surface area (Å²) in [5, 5.41) is 0.612. The first-order valence-corrected chi connectivity index (χ1v) is 8.65. The second-order valence-electron chi connectivity index (χ2n) is 5.86. The zero-order valence-electron chi connectivity index (χ0n) is 14.4. The molecule has 0 spiro atoms. The van der Waals surface area contributed by atoms with Gasteiger partial charge in [0.2, 0.25) is 0 Å². The van der Waals surface area contributed by atoms with Crippen molar-refractivity contribution in [1.29, 1.82) is 0 Å².